The molecule has 0 fully saturated rings. The fourth-order valence-corrected chi connectivity index (χ4v) is 2.25. The molecule has 0 radical (unpaired) electrons. The molecule has 0 amide bonds. The van der Waals surface area contributed by atoms with Gasteiger partial charge >= 0.3 is 59.1 Å². The maximum absolute atomic E-state index is 8.52. The van der Waals surface area contributed by atoms with Gasteiger partial charge in [0.2, 0.25) is 0 Å². The fourth-order valence-electron chi connectivity index (χ4n) is 0.750. The van der Waals surface area contributed by atoms with Gasteiger partial charge in [0.15, 0.2) is 0 Å². The second-order valence-corrected chi connectivity index (χ2v) is 10.2. The van der Waals surface area contributed by atoms with Crippen LogP contribution in [0.1, 0.15) is 13.3 Å². The third-order valence-corrected chi connectivity index (χ3v) is 3.00. The smallest absolute Gasteiger partial charge is 0.759 e. The summed E-state index contributed by atoms with van der Waals surface area (Å²) in [6.07, 6.45) is 1.37. The van der Waals surface area contributed by atoms with Crippen molar-refractivity contribution in [3.8, 4) is 0 Å². The Kier molecular flexibility index (Phi) is 20.7. The van der Waals surface area contributed by atoms with Gasteiger partial charge in [-0.1, -0.05) is 39.0 Å². The van der Waals surface area contributed by atoms with Crippen LogP contribution < -0.4 is 59.1 Å². The van der Waals surface area contributed by atoms with Crippen molar-refractivity contribution < 1.29 is 76.6 Å². The molecule has 0 rings (SSSR count). The molecule has 14 heavy (non-hydrogen) atoms. The first-order chi connectivity index (χ1) is 5.06. The number of hydrogen-bond donors (Lipinski definition) is 0. The molecule has 0 aliphatic heterocycles. The van der Waals surface area contributed by atoms with Gasteiger partial charge in [-0.05, 0) is 0 Å². The van der Waals surface area contributed by atoms with E-state index in [4.69, 9.17) is 17.5 Å². The first kappa shape index (κ1) is 25.1. The Balaban J connectivity index is -0.0000000651. The zero-order valence-corrected chi connectivity index (χ0v) is 15.8. The molecule has 0 bridgehead atoms. The molecule has 0 aromatic rings. The third-order valence-electron chi connectivity index (χ3n) is 1.000. The van der Waals surface area contributed by atoms with Crippen LogP contribution in [-0.2, 0) is 10.4 Å². The van der Waals surface area contributed by atoms with Gasteiger partial charge in [-0.25, -0.2) is 0 Å². The Morgan fingerprint density at radius 1 is 1.07 bits per heavy atom. The summed E-state index contributed by atoms with van der Waals surface area (Å²) in [5.74, 6) is 0. The van der Waals surface area contributed by atoms with E-state index < -0.39 is 18.5 Å². The first-order valence-electron chi connectivity index (χ1n) is 3.73. The van der Waals surface area contributed by atoms with E-state index in [0.29, 0.717) is 0 Å². The summed E-state index contributed by atoms with van der Waals surface area (Å²) in [5, 5.41) is 0. The van der Waals surface area contributed by atoms with E-state index in [9.17, 15) is 0 Å². The molecule has 76 valence electrons. The van der Waals surface area contributed by atoms with Crippen molar-refractivity contribution >= 4 is 18.5 Å². The first-order valence-corrected chi connectivity index (χ1v) is 8.77. The molecule has 0 saturated heterocycles. The van der Waals surface area contributed by atoms with Gasteiger partial charge in [-0.15, -0.1) is 0 Å². The average molecular weight is 258 g/mol. The van der Waals surface area contributed by atoms with Gasteiger partial charge in [0.25, 0.3) is 0 Å². The van der Waals surface area contributed by atoms with Crippen molar-refractivity contribution in [1.29, 1.82) is 0 Å². The molecular formula is C6H16Na2O4SSi. The van der Waals surface area contributed by atoms with Crippen LogP contribution >= 0.6 is 0 Å². The number of hydrogen-bond acceptors (Lipinski definition) is 4. The van der Waals surface area contributed by atoms with Crippen LogP contribution in [0.15, 0.2) is 0 Å². The van der Waals surface area contributed by atoms with Crippen molar-refractivity contribution in [2.45, 2.75) is 39.0 Å². The summed E-state index contributed by atoms with van der Waals surface area (Å²) in [4.78, 5) is 0. The van der Waals surface area contributed by atoms with Crippen molar-refractivity contribution in [1.82, 2.24) is 0 Å². The average Bonchev–Trinajstić information content (AvgIpc) is 1.54. The molecule has 0 heterocycles. The van der Waals surface area contributed by atoms with Crippen molar-refractivity contribution in [3.05, 3.63) is 0 Å². The minimum absolute atomic E-state index is 0. The molecular weight excluding hydrogens is 242 g/mol. The van der Waals surface area contributed by atoms with E-state index in [1.54, 1.807) is 0 Å². The minimum Gasteiger partial charge on any atom is -0.759 e. The van der Waals surface area contributed by atoms with Crippen molar-refractivity contribution in [2.75, 3.05) is 0 Å². The standard InChI is InChI=1S/C6H16Si.2Na.H2O4S/c1-5-6-7(2,3)4;;;1-5(2,3)4/h5-6H2,1-4H3;;;(H2,1,2,3,4)/q;2*+1;/p-2. The molecule has 0 saturated carbocycles. The van der Waals surface area contributed by atoms with Crippen LogP contribution in [0.3, 0.4) is 0 Å². The normalized spacial score (nSPS) is 10.1. The second-order valence-electron chi connectivity index (χ2n) is 3.72. The summed E-state index contributed by atoms with van der Waals surface area (Å²) in [5.41, 5.74) is 0. The zero-order chi connectivity index (χ0) is 10.4. The Morgan fingerprint density at radius 3 is 1.29 bits per heavy atom. The summed E-state index contributed by atoms with van der Waals surface area (Å²) < 4.78 is 34.1. The van der Waals surface area contributed by atoms with Crippen LogP contribution in [0.2, 0.25) is 25.7 Å². The topological polar surface area (TPSA) is 80.3 Å². The number of rotatable bonds is 2. The maximum atomic E-state index is 8.52. The van der Waals surface area contributed by atoms with E-state index in [1.807, 2.05) is 0 Å². The van der Waals surface area contributed by atoms with E-state index in [1.165, 1.54) is 12.5 Å². The van der Waals surface area contributed by atoms with Gasteiger partial charge < -0.3 is 9.11 Å². The second kappa shape index (κ2) is 11.6. The fraction of sp³-hybridized carbons (Fsp3) is 1.00. The maximum Gasteiger partial charge on any atom is 1.00 e. The van der Waals surface area contributed by atoms with Crippen LogP contribution in [-0.4, -0.2) is 25.6 Å². The molecule has 8 heteroatoms. The van der Waals surface area contributed by atoms with E-state index in [0.717, 1.165) is 0 Å². The molecule has 0 N–H and O–H groups in total. The molecule has 0 aromatic carbocycles. The van der Waals surface area contributed by atoms with Gasteiger partial charge in [-0.2, -0.15) is 0 Å². The predicted octanol–water partition coefficient (Wildman–Crippen LogP) is -4.60. The summed E-state index contributed by atoms with van der Waals surface area (Å²) in [6.45, 7) is 9.50. The van der Waals surface area contributed by atoms with Crippen LogP contribution in [0, 0.1) is 0 Å². The Morgan fingerprint density at radius 2 is 1.29 bits per heavy atom. The molecule has 0 aliphatic carbocycles. The van der Waals surface area contributed by atoms with Gasteiger partial charge in [0, 0.05) is 18.5 Å². The zero-order valence-electron chi connectivity index (χ0n) is 9.96. The van der Waals surface area contributed by atoms with Gasteiger partial charge in [0.1, 0.15) is 0 Å². The molecule has 0 unspecified atom stereocenters. The van der Waals surface area contributed by atoms with E-state index >= 15 is 0 Å². The quantitative estimate of drug-likeness (QED) is 0.284. The predicted molar refractivity (Wildman–Crippen MR) is 48.9 cm³/mol. The minimum atomic E-state index is -5.17. The van der Waals surface area contributed by atoms with E-state index in [-0.39, 0.29) is 59.1 Å². The summed E-state index contributed by atoms with van der Waals surface area (Å²) in [7, 11) is -5.82. The van der Waals surface area contributed by atoms with Crippen molar-refractivity contribution in [2.24, 2.45) is 0 Å². The Hall–Kier alpha value is 2.09. The van der Waals surface area contributed by atoms with Crippen LogP contribution in [0.5, 0.6) is 0 Å². The largest absolute Gasteiger partial charge is 1.00 e. The van der Waals surface area contributed by atoms with Crippen LogP contribution in [0.25, 0.3) is 0 Å². The van der Waals surface area contributed by atoms with Crippen LogP contribution in [0.4, 0.5) is 0 Å². The third kappa shape index (κ3) is 65.1. The molecule has 0 spiro atoms. The molecule has 4 nitrogen and oxygen atoms in total. The Bertz CT molecular complexity index is 192. The molecule has 0 aliphatic rings. The Labute approximate surface area is 132 Å². The summed E-state index contributed by atoms with van der Waals surface area (Å²) in [6, 6.07) is 1.48. The van der Waals surface area contributed by atoms with E-state index in [2.05, 4.69) is 26.6 Å². The van der Waals surface area contributed by atoms with Gasteiger partial charge in [-0.3, -0.25) is 8.42 Å². The summed E-state index contributed by atoms with van der Waals surface area (Å²) >= 11 is 0. The molecule has 0 atom stereocenters. The monoisotopic (exact) mass is 258 g/mol. The van der Waals surface area contributed by atoms with Gasteiger partial charge in [0.05, 0.1) is 0 Å². The SMILES string of the molecule is CCC[Si](C)(C)C.O=S(=O)([O-])[O-].[Na+].[Na+]. The van der Waals surface area contributed by atoms with Crippen molar-refractivity contribution in [3.63, 3.8) is 0 Å². The molecule has 0 aromatic heterocycles.